The number of aliphatic hydroxyl groups is 2. The van der Waals surface area contributed by atoms with Crippen LogP contribution >= 0.6 is 0 Å². The normalized spacial score (nSPS) is 22.2. The fourth-order valence-electron chi connectivity index (χ4n) is 2.76. The number of fused-ring (bicyclic) bond motifs is 1. The number of hydrogen-bond donors (Lipinski definition) is 3. The molecule has 1 fully saturated rings. The van der Waals surface area contributed by atoms with Crippen molar-refractivity contribution in [1.82, 2.24) is 19.2 Å². The Morgan fingerprint density at radius 3 is 2.93 bits per heavy atom. The molecule has 2 aromatic rings. The van der Waals surface area contributed by atoms with Crippen LogP contribution in [0.25, 0.3) is 21.6 Å². The molecule has 1 aliphatic heterocycles. The second kappa shape index (κ2) is 7.32. The molecule has 1 saturated heterocycles. The Morgan fingerprint density at radius 1 is 1.59 bits per heavy atom. The lowest BCUT2D eigenvalue weighted by atomic mass is 10.2. The van der Waals surface area contributed by atoms with Crippen LogP contribution < -0.4 is 10.9 Å². The summed E-state index contributed by atoms with van der Waals surface area (Å²) in [6, 6.07) is 0. The molecule has 1 aliphatic rings. The van der Waals surface area contributed by atoms with E-state index in [1.807, 2.05) is 0 Å². The van der Waals surface area contributed by atoms with Crippen molar-refractivity contribution in [2.75, 3.05) is 11.9 Å². The van der Waals surface area contributed by atoms with Gasteiger partial charge < -0.3 is 14.9 Å². The highest BCUT2D eigenvalue weighted by Gasteiger charge is 2.37. The minimum Gasteiger partial charge on any atom is -0.394 e. The molecule has 3 atom stereocenters. The summed E-state index contributed by atoms with van der Waals surface area (Å²) in [5.74, 6) is -1.13. The summed E-state index contributed by atoms with van der Waals surface area (Å²) in [5.41, 5.74) is 8.03. The molecule has 0 spiro atoms. The Morgan fingerprint density at radius 2 is 2.33 bits per heavy atom. The fraction of sp³-hybridized carbons (Fsp3) is 0.571. The highest BCUT2D eigenvalue weighted by atomic mass is 16.5. The molecule has 0 aliphatic carbocycles. The van der Waals surface area contributed by atoms with E-state index in [9.17, 15) is 19.8 Å². The zero-order valence-electron chi connectivity index (χ0n) is 14.6. The quantitative estimate of drug-likeness (QED) is 0.369. The number of carbonyl (C=O) groups is 1. The molecule has 13 nitrogen and oxygen atoms in total. The van der Waals surface area contributed by atoms with Crippen LogP contribution in [0.4, 0.5) is 5.95 Å². The molecular formula is C14H18N8O5. The van der Waals surface area contributed by atoms with Crippen molar-refractivity contribution in [3.63, 3.8) is 0 Å². The van der Waals surface area contributed by atoms with Crippen molar-refractivity contribution in [1.29, 1.82) is 0 Å². The van der Waals surface area contributed by atoms with Crippen LogP contribution in [0.15, 0.2) is 16.3 Å². The van der Waals surface area contributed by atoms with Gasteiger partial charge in [0.05, 0.1) is 12.7 Å². The topological polar surface area (TPSA) is 180 Å². The lowest BCUT2D eigenvalue weighted by Gasteiger charge is -2.17. The minimum atomic E-state index is -0.990. The Kier molecular flexibility index (Phi) is 5.10. The van der Waals surface area contributed by atoms with Crippen molar-refractivity contribution in [2.45, 2.75) is 38.7 Å². The molecule has 13 heteroatoms. The van der Waals surface area contributed by atoms with Crippen LogP contribution in [-0.4, -0.2) is 54.1 Å². The number of ether oxygens (including phenoxy) is 1. The molecule has 2 aromatic heterocycles. The number of rotatable bonds is 5. The molecule has 3 rings (SSSR count). The summed E-state index contributed by atoms with van der Waals surface area (Å²) < 4.78 is 7.79. The molecule has 0 radical (unpaired) electrons. The zero-order valence-corrected chi connectivity index (χ0v) is 14.6. The van der Waals surface area contributed by atoms with Crippen molar-refractivity contribution in [3.05, 3.63) is 27.1 Å². The molecule has 3 N–H and O–H groups in total. The van der Waals surface area contributed by atoms with Gasteiger partial charge in [0.2, 0.25) is 11.6 Å². The van der Waals surface area contributed by atoms with Crippen LogP contribution in [0.1, 0.15) is 26.5 Å². The first-order valence-corrected chi connectivity index (χ1v) is 8.17. The number of aliphatic hydroxyl groups excluding tert-OH is 2. The number of nitrogens with zero attached hydrogens (tertiary/aromatic N) is 7. The van der Waals surface area contributed by atoms with Gasteiger partial charge in [-0.3, -0.25) is 19.5 Å². The highest BCUT2D eigenvalue weighted by Crippen LogP contribution is 2.31. The zero-order chi connectivity index (χ0) is 19.7. The largest absolute Gasteiger partial charge is 0.394 e. The third-order valence-corrected chi connectivity index (χ3v) is 4.11. The Balaban J connectivity index is 2.20. The second-order valence-corrected chi connectivity index (χ2v) is 6.33. The molecule has 144 valence electrons. The number of azide groups is 1. The Labute approximate surface area is 151 Å². The average molecular weight is 378 g/mol. The Hall–Kier alpha value is -2.99. The van der Waals surface area contributed by atoms with Gasteiger partial charge in [0.15, 0.2) is 11.7 Å². The molecule has 27 heavy (non-hydrogen) atoms. The predicted molar refractivity (Wildman–Crippen MR) is 91.4 cm³/mol. The number of imidazole rings is 1. The molecule has 1 amide bonds. The van der Waals surface area contributed by atoms with Crippen molar-refractivity contribution in [2.24, 2.45) is 11.1 Å². The minimum absolute atomic E-state index is 0.00510. The smallest absolute Gasteiger partial charge is 0.314 e. The summed E-state index contributed by atoms with van der Waals surface area (Å²) in [4.78, 5) is 34.7. The van der Waals surface area contributed by atoms with Gasteiger partial charge in [0, 0.05) is 12.3 Å². The molecule has 0 saturated carbocycles. The van der Waals surface area contributed by atoms with Crippen LogP contribution in [0, 0.1) is 5.92 Å². The maximum Gasteiger partial charge on any atom is 0.314 e. The number of amides is 1. The van der Waals surface area contributed by atoms with E-state index in [0.717, 1.165) is 4.68 Å². The van der Waals surface area contributed by atoms with Gasteiger partial charge in [-0.05, 0) is 5.22 Å². The first-order valence-electron chi connectivity index (χ1n) is 8.17. The summed E-state index contributed by atoms with van der Waals surface area (Å²) >= 11 is 0. The fourth-order valence-corrected chi connectivity index (χ4v) is 2.76. The highest BCUT2D eigenvalue weighted by molar-refractivity contribution is 5.91. The van der Waals surface area contributed by atoms with Crippen LogP contribution in [-0.2, 0) is 9.53 Å². The maximum atomic E-state index is 12.3. The van der Waals surface area contributed by atoms with Gasteiger partial charge in [0.1, 0.15) is 12.4 Å². The lowest BCUT2D eigenvalue weighted by molar-refractivity contribution is -0.119. The number of aromatic nitrogens is 4. The van der Waals surface area contributed by atoms with Crippen LogP contribution in [0.3, 0.4) is 0 Å². The summed E-state index contributed by atoms with van der Waals surface area (Å²) in [6.07, 6.45) is -1.14. The SMILES string of the molecule is CC(C)C(=O)Nc1nc(=O)c2ncn([C@@H]3O[C@H](CO)C[C@H]3O)c2n1N=[N+]=[N-]. The molecule has 0 bridgehead atoms. The maximum absolute atomic E-state index is 12.3. The number of carbonyl (C=O) groups excluding carboxylic acids is 1. The van der Waals surface area contributed by atoms with E-state index >= 15 is 0 Å². The predicted octanol–water partition coefficient (Wildman–Crippen LogP) is -0.0984. The Bertz CT molecular complexity index is 976. The van der Waals surface area contributed by atoms with Crippen LogP contribution in [0.5, 0.6) is 0 Å². The summed E-state index contributed by atoms with van der Waals surface area (Å²) in [7, 11) is 0. The number of anilines is 1. The van der Waals surface area contributed by atoms with E-state index in [2.05, 4.69) is 25.4 Å². The van der Waals surface area contributed by atoms with Crippen molar-refractivity contribution >= 4 is 23.0 Å². The third-order valence-electron chi connectivity index (χ3n) is 4.11. The van der Waals surface area contributed by atoms with Gasteiger partial charge in [-0.2, -0.15) is 4.91 Å². The van der Waals surface area contributed by atoms with Gasteiger partial charge in [-0.1, -0.05) is 13.8 Å². The molecule has 0 unspecified atom stereocenters. The number of nitrogens with one attached hydrogen (secondary N) is 1. The van der Waals surface area contributed by atoms with E-state index in [4.69, 9.17) is 10.3 Å². The molecule has 3 heterocycles. The molecule has 0 aromatic carbocycles. The monoisotopic (exact) mass is 378 g/mol. The standard InChI is InChI=1S/C14H18N8O5/c1-6(2)10(25)17-14-18-11(26)9-12(22(14)20-19-15)21(5-16-9)13-8(24)3-7(4-23)27-13/h5-8,13,23-24H,3-4H2,1-2H3,(H,17,18,25,26)/t7-,8+,13+/m0/s1. The van der Waals surface area contributed by atoms with Crippen molar-refractivity contribution in [3.8, 4) is 0 Å². The van der Waals surface area contributed by atoms with E-state index in [1.165, 1.54) is 10.9 Å². The van der Waals surface area contributed by atoms with Crippen molar-refractivity contribution < 1.29 is 19.7 Å². The van der Waals surface area contributed by atoms with E-state index in [-0.39, 0.29) is 30.1 Å². The second-order valence-electron chi connectivity index (χ2n) is 6.33. The first kappa shape index (κ1) is 18.8. The average Bonchev–Trinajstić information content (AvgIpc) is 3.21. The van der Waals surface area contributed by atoms with E-state index in [1.54, 1.807) is 13.8 Å². The van der Waals surface area contributed by atoms with Gasteiger partial charge >= 0.3 is 11.5 Å². The van der Waals surface area contributed by atoms with E-state index < -0.39 is 35.8 Å². The van der Waals surface area contributed by atoms with E-state index in [0.29, 0.717) is 0 Å². The summed E-state index contributed by atoms with van der Waals surface area (Å²) in [6.45, 7) is 3.00. The van der Waals surface area contributed by atoms with Crippen LogP contribution in [0.2, 0.25) is 0 Å². The third kappa shape index (κ3) is 3.36. The van der Waals surface area contributed by atoms with Gasteiger partial charge in [-0.15, -0.1) is 15.2 Å². The van der Waals surface area contributed by atoms with Gasteiger partial charge in [0.25, 0.3) is 0 Å². The molecular weight excluding hydrogens is 360 g/mol. The lowest BCUT2D eigenvalue weighted by Crippen LogP contribution is -2.26. The first-order chi connectivity index (χ1) is 12.9. The number of hydrogen-bond acceptors (Lipinski definition) is 8. The summed E-state index contributed by atoms with van der Waals surface area (Å²) in [5, 5.41) is 25.4. The van der Waals surface area contributed by atoms with Gasteiger partial charge in [-0.25, -0.2) is 4.98 Å².